The second kappa shape index (κ2) is 4.65. The van der Waals surface area contributed by atoms with Gasteiger partial charge in [0, 0.05) is 6.20 Å². The van der Waals surface area contributed by atoms with E-state index in [1.165, 1.54) is 18.3 Å². The Morgan fingerprint density at radius 3 is 2.54 bits per heavy atom. The predicted octanol–water partition coefficient (Wildman–Crippen LogP) is -4.28. The van der Waals surface area contributed by atoms with Crippen LogP contribution in [0.1, 0.15) is 10.5 Å². The van der Waals surface area contributed by atoms with E-state index in [1.807, 2.05) is 0 Å². The van der Waals surface area contributed by atoms with Gasteiger partial charge >= 0.3 is 18.9 Å². The summed E-state index contributed by atoms with van der Waals surface area (Å²) in [5.41, 5.74) is -0.502. The molecular formula is C7H4LiNO4. The van der Waals surface area contributed by atoms with Crippen molar-refractivity contribution in [1.82, 2.24) is 4.98 Å². The van der Waals surface area contributed by atoms with Crippen molar-refractivity contribution in [3.8, 4) is 5.75 Å². The Labute approximate surface area is 85.6 Å². The van der Waals surface area contributed by atoms with Gasteiger partial charge < -0.3 is 15.0 Å². The van der Waals surface area contributed by atoms with Crippen molar-refractivity contribution in [2.24, 2.45) is 0 Å². The number of aromatic hydroxyl groups is 1. The monoisotopic (exact) mass is 173 g/mol. The molecule has 5 nitrogen and oxygen atoms in total. The van der Waals surface area contributed by atoms with Crippen LogP contribution in [0.25, 0.3) is 0 Å². The second-order valence-corrected chi connectivity index (χ2v) is 1.99. The van der Waals surface area contributed by atoms with Crippen LogP contribution in [0.5, 0.6) is 5.75 Å². The first-order valence-corrected chi connectivity index (χ1v) is 3.02. The van der Waals surface area contributed by atoms with Gasteiger partial charge in [-0.3, -0.25) is 4.79 Å². The molecule has 1 aromatic rings. The third kappa shape index (κ3) is 2.58. The molecule has 0 aliphatic rings. The van der Waals surface area contributed by atoms with Gasteiger partial charge in [0.1, 0.15) is 11.7 Å². The average Bonchev–Trinajstić information content (AvgIpc) is 2.04. The summed E-state index contributed by atoms with van der Waals surface area (Å²) < 4.78 is 0. The summed E-state index contributed by atoms with van der Waals surface area (Å²) in [6, 6.07) is 2.55. The van der Waals surface area contributed by atoms with Gasteiger partial charge in [-0.25, -0.2) is 4.98 Å². The van der Waals surface area contributed by atoms with E-state index in [9.17, 15) is 14.7 Å². The van der Waals surface area contributed by atoms with Crippen LogP contribution in [0.4, 0.5) is 0 Å². The summed E-state index contributed by atoms with van der Waals surface area (Å²) in [6.45, 7) is 0. The smallest absolute Gasteiger partial charge is 0.541 e. The molecule has 0 radical (unpaired) electrons. The number of aromatic nitrogens is 1. The van der Waals surface area contributed by atoms with Crippen molar-refractivity contribution < 1.29 is 38.7 Å². The molecule has 1 aromatic heterocycles. The molecule has 1 heterocycles. The van der Waals surface area contributed by atoms with Crippen LogP contribution >= 0.6 is 0 Å². The van der Waals surface area contributed by atoms with Crippen LogP contribution in [-0.4, -0.2) is 21.8 Å². The summed E-state index contributed by atoms with van der Waals surface area (Å²) in [6.07, 6.45) is 1.20. The van der Waals surface area contributed by atoms with E-state index in [2.05, 4.69) is 4.98 Å². The average molecular weight is 173 g/mol. The Morgan fingerprint density at radius 1 is 1.46 bits per heavy atom. The molecule has 0 aliphatic carbocycles. The largest absolute Gasteiger partial charge is 1.00 e. The van der Waals surface area contributed by atoms with E-state index in [0.717, 1.165) is 0 Å². The number of carbonyl (C=O) groups is 2. The summed E-state index contributed by atoms with van der Waals surface area (Å²) in [5.74, 6) is -3.68. The van der Waals surface area contributed by atoms with Gasteiger partial charge in [0.25, 0.3) is 0 Å². The minimum Gasteiger partial charge on any atom is -0.541 e. The molecule has 62 valence electrons. The Morgan fingerprint density at radius 2 is 2.08 bits per heavy atom. The van der Waals surface area contributed by atoms with Crippen LogP contribution in [0, 0.1) is 0 Å². The molecule has 0 amide bonds. The molecule has 0 saturated heterocycles. The Hall–Kier alpha value is -1.31. The maximum Gasteiger partial charge on any atom is 1.00 e. The van der Waals surface area contributed by atoms with Crippen molar-refractivity contribution in [2.45, 2.75) is 0 Å². The van der Waals surface area contributed by atoms with Crippen molar-refractivity contribution in [3.63, 3.8) is 0 Å². The molecule has 0 fully saturated rings. The van der Waals surface area contributed by atoms with E-state index < -0.39 is 23.2 Å². The molecule has 13 heavy (non-hydrogen) atoms. The fraction of sp³-hybridized carbons (Fsp3) is 0. The topological polar surface area (TPSA) is 90.3 Å². The van der Waals surface area contributed by atoms with Crippen molar-refractivity contribution in [1.29, 1.82) is 0 Å². The zero-order valence-electron chi connectivity index (χ0n) is 6.85. The van der Waals surface area contributed by atoms with Crippen LogP contribution in [0.2, 0.25) is 0 Å². The first kappa shape index (κ1) is 11.7. The second-order valence-electron chi connectivity index (χ2n) is 1.99. The van der Waals surface area contributed by atoms with E-state index in [4.69, 9.17) is 5.11 Å². The number of pyridine rings is 1. The Kier molecular flexibility index (Phi) is 4.18. The number of rotatable bonds is 2. The quantitative estimate of drug-likeness (QED) is 0.277. The number of carbonyl (C=O) groups excluding carboxylic acids is 2. The zero-order chi connectivity index (χ0) is 9.14. The zero-order valence-corrected chi connectivity index (χ0v) is 6.85. The third-order valence-corrected chi connectivity index (χ3v) is 1.19. The number of nitrogens with zero attached hydrogens (tertiary/aromatic N) is 1. The number of carboxylic acid groups (broad SMARTS) is 1. The van der Waals surface area contributed by atoms with Crippen molar-refractivity contribution >= 4 is 11.8 Å². The van der Waals surface area contributed by atoms with Gasteiger partial charge in [0.15, 0.2) is 5.69 Å². The fourth-order valence-corrected chi connectivity index (χ4v) is 0.668. The van der Waals surface area contributed by atoms with Crippen LogP contribution in [0.15, 0.2) is 18.3 Å². The van der Waals surface area contributed by atoms with Gasteiger partial charge in [0.05, 0.1) is 0 Å². The number of Topliss-reactive ketones (excluding diaryl/α,β-unsaturated/α-hetero) is 1. The molecular weight excluding hydrogens is 169 g/mol. The molecule has 6 heteroatoms. The van der Waals surface area contributed by atoms with Gasteiger partial charge in [0.2, 0.25) is 5.78 Å². The SMILES string of the molecule is O=C([O-])C(=O)c1ncccc1O.[Li+]. The molecule has 1 N–H and O–H groups in total. The molecule has 1 rings (SSSR count). The predicted molar refractivity (Wildman–Crippen MR) is 35.2 cm³/mol. The summed E-state index contributed by atoms with van der Waals surface area (Å²) in [4.78, 5) is 24.1. The molecule has 0 atom stereocenters. The number of ketones is 1. The van der Waals surface area contributed by atoms with Crippen LogP contribution in [-0.2, 0) is 4.79 Å². The summed E-state index contributed by atoms with van der Waals surface area (Å²) >= 11 is 0. The van der Waals surface area contributed by atoms with E-state index in [-0.39, 0.29) is 18.9 Å². The Bertz CT molecular complexity index is 339. The van der Waals surface area contributed by atoms with Gasteiger partial charge in [-0.15, -0.1) is 0 Å². The molecule has 0 saturated carbocycles. The first-order valence-electron chi connectivity index (χ1n) is 3.02. The standard InChI is InChI=1S/C7H5NO4.Li/c9-4-2-1-3-8-5(4)6(10)7(11)12;/h1-3,9H,(H,11,12);/q;+1/p-1. The van der Waals surface area contributed by atoms with Gasteiger partial charge in [-0.2, -0.15) is 0 Å². The van der Waals surface area contributed by atoms with E-state index in [0.29, 0.717) is 0 Å². The van der Waals surface area contributed by atoms with Gasteiger partial charge in [-0.05, 0) is 12.1 Å². The Balaban J connectivity index is 0.00000144. The molecule has 0 aliphatic heterocycles. The van der Waals surface area contributed by atoms with Crippen LogP contribution in [0.3, 0.4) is 0 Å². The minimum absolute atomic E-state index is 0. The molecule has 0 unspecified atom stereocenters. The summed E-state index contributed by atoms with van der Waals surface area (Å²) in [5, 5.41) is 19.0. The number of aliphatic carboxylic acids is 1. The molecule has 0 spiro atoms. The summed E-state index contributed by atoms with van der Waals surface area (Å²) in [7, 11) is 0. The first-order chi connectivity index (χ1) is 5.63. The number of hydrogen-bond acceptors (Lipinski definition) is 5. The number of hydrogen-bond donors (Lipinski definition) is 1. The molecule has 0 bridgehead atoms. The minimum atomic E-state index is -1.89. The fourth-order valence-electron chi connectivity index (χ4n) is 0.668. The molecule has 0 aromatic carbocycles. The van der Waals surface area contributed by atoms with Crippen molar-refractivity contribution in [2.75, 3.05) is 0 Å². The van der Waals surface area contributed by atoms with Crippen LogP contribution < -0.4 is 24.0 Å². The van der Waals surface area contributed by atoms with E-state index in [1.54, 1.807) is 0 Å². The van der Waals surface area contributed by atoms with Gasteiger partial charge in [-0.1, -0.05) is 0 Å². The van der Waals surface area contributed by atoms with Crippen molar-refractivity contribution in [3.05, 3.63) is 24.0 Å². The number of carboxylic acids is 1. The normalized spacial score (nSPS) is 8.62. The van der Waals surface area contributed by atoms with E-state index >= 15 is 0 Å². The third-order valence-electron chi connectivity index (χ3n) is 1.19. The maximum absolute atomic E-state index is 10.7. The maximum atomic E-state index is 10.7.